The second kappa shape index (κ2) is 7.10. The van der Waals surface area contributed by atoms with Crippen LogP contribution in [0.2, 0.25) is 10.0 Å². The summed E-state index contributed by atoms with van der Waals surface area (Å²) in [7, 11) is 0. The van der Waals surface area contributed by atoms with Crippen molar-refractivity contribution < 1.29 is 4.39 Å². The molecule has 2 aromatic carbocycles. The third kappa shape index (κ3) is 4.19. The number of benzene rings is 2. The van der Waals surface area contributed by atoms with E-state index >= 15 is 0 Å². The van der Waals surface area contributed by atoms with Gasteiger partial charge in [0.05, 0.1) is 10.0 Å². The van der Waals surface area contributed by atoms with Gasteiger partial charge in [-0.15, -0.1) is 0 Å². The van der Waals surface area contributed by atoms with Gasteiger partial charge in [0.25, 0.3) is 0 Å². The molecule has 0 aliphatic heterocycles. The van der Waals surface area contributed by atoms with Gasteiger partial charge in [-0.3, -0.25) is 0 Å². The van der Waals surface area contributed by atoms with Crippen LogP contribution in [0.5, 0.6) is 0 Å². The Labute approximate surface area is 142 Å². The van der Waals surface area contributed by atoms with Gasteiger partial charge in [0.15, 0.2) is 0 Å². The molecule has 0 amide bonds. The molecule has 0 radical (unpaired) electrons. The van der Waals surface area contributed by atoms with Crippen LogP contribution in [0.1, 0.15) is 37.1 Å². The maximum Gasteiger partial charge on any atom is 0.128 e. The third-order valence-electron chi connectivity index (χ3n) is 3.37. The molecule has 2 atom stereocenters. The van der Waals surface area contributed by atoms with Gasteiger partial charge in [0.1, 0.15) is 5.82 Å². The van der Waals surface area contributed by atoms with Crippen molar-refractivity contribution in [2.24, 2.45) is 0 Å². The minimum Gasteiger partial charge on any atom is -0.304 e. The van der Waals surface area contributed by atoms with Crippen molar-refractivity contribution in [3.05, 3.63) is 67.9 Å². The highest BCUT2D eigenvalue weighted by molar-refractivity contribution is 9.10. The lowest BCUT2D eigenvalue weighted by atomic mass is 10.0. The highest BCUT2D eigenvalue weighted by Crippen LogP contribution is 2.28. The van der Waals surface area contributed by atoms with Crippen molar-refractivity contribution in [2.75, 3.05) is 0 Å². The van der Waals surface area contributed by atoms with E-state index in [1.54, 1.807) is 18.2 Å². The maximum absolute atomic E-state index is 13.9. The molecule has 5 heteroatoms. The second-order valence-corrected chi connectivity index (χ2v) is 6.68. The Morgan fingerprint density at radius 1 is 1.00 bits per heavy atom. The first-order chi connectivity index (χ1) is 9.88. The highest BCUT2D eigenvalue weighted by Gasteiger charge is 2.15. The Kier molecular flexibility index (Phi) is 5.67. The van der Waals surface area contributed by atoms with Crippen molar-refractivity contribution in [2.45, 2.75) is 25.9 Å². The van der Waals surface area contributed by atoms with Gasteiger partial charge < -0.3 is 5.32 Å². The Morgan fingerprint density at radius 3 is 2.38 bits per heavy atom. The van der Waals surface area contributed by atoms with E-state index in [2.05, 4.69) is 21.2 Å². The van der Waals surface area contributed by atoms with Gasteiger partial charge in [-0.25, -0.2) is 4.39 Å². The predicted octanol–water partition coefficient (Wildman–Crippen LogP) is 6.31. The van der Waals surface area contributed by atoms with Crippen LogP contribution in [0.15, 0.2) is 40.9 Å². The molecule has 112 valence electrons. The predicted molar refractivity (Wildman–Crippen MR) is 90.5 cm³/mol. The van der Waals surface area contributed by atoms with E-state index in [1.165, 1.54) is 6.07 Å². The number of hydrogen-bond acceptors (Lipinski definition) is 1. The zero-order valence-corrected chi connectivity index (χ0v) is 14.7. The molecule has 0 aliphatic carbocycles. The molecule has 0 aromatic heterocycles. The molecule has 2 unspecified atom stereocenters. The van der Waals surface area contributed by atoms with Crippen LogP contribution in [0.3, 0.4) is 0 Å². The smallest absolute Gasteiger partial charge is 0.128 e. The van der Waals surface area contributed by atoms with E-state index < -0.39 is 0 Å². The molecular weight excluding hydrogens is 376 g/mol. The molecule has 0 fully saturated rings. The van der Waals surface area contributed by atoms with Crippen molar-refractivity contribution in [1.82, 2.24) is 5.32 Å². The van der Waals surface area contributed by atoms with Gasteiger partial charge in [-0.2, -0.15) is 0 Å². The van der Waals surface area contributed by atoms with Crippen molar-refractivity contribution in [3.8, 4) is 0 Å². The Balaban J connectivity index is 2.16. The number of rotatable bonds is 4. The van der Waals surface area contributed by atoms with Crippen molar-refractivity contribution >= 4 is 39.1 Å². The summed E-state index contributed by atoms with van der Waals surface area (Å²) in [6, 6.07) is 10.3. The van der Waals surface area contributed by atoms with Gasteiger partial charge in [0, 0.05) is 22.1 Å². The average Bonchev–Trinajstić information content (AvgIpc) is 2.44. The number of halogens is 4. The lowest BCUT2D eigenvalue weighted by Gasteiger charge is -2.21. The normalized spacial score (nSPS) is 14.0. The summed E-state index contributed by atoms with van der Waals surface area (Å²) in [6.45, 7) is 3.94. The lowest BCUT2D eigenvalue weighted by molar-refractivity contribution is 0.474. The fourth-order valence-corrected chi connectivity index (χ4v) is 2.87. The van der Waals surface area contributed by atoms with Crippen LogP contribution in [-0.2, 0) is 0 Å². The van der Waals surface area contributed by atoms with Gasteiger partial charge in [-0.05, 0) is 49.7 Å². The lowest BCUT2D eigenvalue weighted by Crippen LogP contribution is -2.23. The molecule has 0 bridgehead atoms. The van der Waals surface area contributed by atoms with E-state index in [-0.39, 0.29) is 17.9 Å². The Bertz CT molecular complexity index is 648. The SMILES string of the molecule is CC(NC(C)c1cc(Br)ccc1F)c1ccc(Cl)c(Cl)c1. The minimum atomic E-state index is -0.223. The quantitative estimate of drug-likeness (QED) is 0.645. The summed E-state index contributed by atoms with van der Waals surface area (Å²) >= 11 is 15.3. The van der Waals surface area contributed by atoms with Crippen LogP contribution in [0.4, 0.5) is 4.39 Å². The van der Waals surface area contributed by atoms with Crippen molar-refractivity contribution in [3.63, 3.8) is 0 Å². The minimum absolute atomic E-state index is 0.0214. The summed E-state index contributed by atoms with van der Waals surface area (Å²) in [5.74, 6) is -0.223. The highest BCUT2D eigenvalue weighted by atomic mass is 79.9. The summed E-state index contributed by atoms with van der Waals surface area (Å²) < 4.78 is 14.7. The fourth-order valence-electron chi connectivity index (χ4n) is 2.19. The molecule has 2 rings (SSSR count). The standard InChI is InChI=1S/C16H15BrCl2FN/c1-9(11-3-5-14(18)15(19)7-11)21-10(2)13-8-12(17)4-6-16(13)20/h3-10,21H,1-2H3. The Morgan fingerprint density at radius 2 is 1.71 bits per heavy atom. The second-order valence-electron chi connectivity index (χ2n) is 4.95. The number of nitrogens with one attached hydrogen (secondary N) is 1. The molecule has 2 aromatic rings. The summed E-state index contributed by atoms with van der Waals surface area (Å²) in [5, 5.41) is 4.41. The average molecular weight is 391 g/mol. The first kappa shape index (κ1) is 16.8. The monoisotopic (exact) mass is 389 g/mol. The van der Waals surface area contributed by atoms with Crippen LogP contribution < -0.4 is 5.32 Å². The van der Waals surface area contributed by atoms with Gasteiger partial charge >= 0.3 is 0 Å². The van der Waals surface area contributed by atoms with Crippen LogP contribution in [0.25, 0.3) is 0 Å². The topological polar surface area (TPSA) is 12.0 Å². The molecule has 0 aliphatic rings. The number of hydrogen-bond donors (Lipinski definition) is 1. The van der Waals surface area contributed by atoms with E-state index in [4.69, 9.17) is 23.2 Å². The first-order valence-electron chi connectivity index (χ1n) is 6.54. The largest absolute Gasteiger partial charge is 0.304 e. The van der Waals surface area contributed by atoms with Crippen LogP contribution >= 0.6 is 39.1 Å². The van der Waals surface area contributed by atoms with E-state index in [0.717, 1.165) is 10.0 Å². The van der Waals surface area contributed by atoms with Gasteiger partial charge in [-0.1, -0.05) is 45.2 Å². The zero-order chi connectivity index (χ0) is 15.6. The molecule has 0 saturated carbocycles. The maximum atomic E-state index is 13.9. The molecular formula is C16H15BrCl2FN. The molecule has 0 spiro atoms. The first-order valence-corrected chi connectivity index (χ1v) is 8.09. The molecule has 1 N–H and O–H groups in total. The summed E-state index contributed by atoms with van der Waals surface area (Å²) in [6.07, 6.45) is 0. The molecule has 1 nitrogen and oxygen atoms in total. The van der Waals surface area contributed by atoms with E-state index in [1.807, 2.05) is 26.0 Å². The summed E-state index contributed by atoms with van der Waals surface area (Å²) in [5.41, 5.74) is 1.63. The zero-order valence-electron chi connectivity index (χ0n) is 11.6. The van der Waals surface area contributed by atoms with E-state index in [9.17, 15) is 4.39 Å². The molecule has 21 heavy (non-hydrogen) atoms. The fraction of sp³-hybridized carbons (Fsp3) is 0.250. The third-order valence-corrected chi connectivity index (χ3v) is 4.60. The van der Waals surface area contributed by atoms with E-state index in [0.29, 0.717) is 15.6 Å². The van der Waals surface area contributed by atoms with Crippen molar-refractivity contribution in [1.29, 1.82) is 0 Å². The molecule has 0 heterocycles. The van der Waals surface area contributed by atoms with Crippen LogP contribution in [-0.4, -0.2) is 0 Å². The Hall–Kier alpha value is -0.610. The van der Waals surface area contributed by atoms with Gasteiger partial charge in [0.2, 0.25) is 0 Å². The van der Waals surface area contributed by atoms with Crippen LogP contribution in [0, 0.1) is 5.82 Å². The molecule has 0 saturated heterocycles. The summed E-state index contributed by atoms with van der Waals surface area (Å²) in [4.78, 5) is 0.